The second-order valence-electron chi connectivity index (χ2n) is 8.04. The molecule has 0 amide bonds. The van der Waals surface area contributed by atoms with Crippen LogP contribution in [0.5, 0.6) is 0 Å². The van der Waals surface area contributed by atoms with E-state index < -0.39 is 0 Å². The van der Waals surface area contributed by atoms with Crippen LogP contribution >= 0.6 is 24.0 Å². The lowest BCUT2D eigenvalue weighted by molar-refractivity contribution is -0.0817. The van der Waals surface area contributed by atoms with Crippen LogP contribution in [0, 0.1) is 13.8 Å². The Morgan fingerprint density at radius 3 is 2.71 bits per heavy atom. The lowest BCUT2D eigenvalue weighted by Crippen LogP contribution is -2.53. The van der Waals surface area contributed by atoms with Gasteiger partial charge in [0, 0.05) is 31.9 Å². The monoisotopic (exact) mass is 539 g/mol. The van der Waals surface area contributed by atoms with Crippen LogP contribution in [0.25, 0.3) is 5.69 Å². The van der Waals surface area contributed by atoms with E-state index in [0.29, 0.717) is 13.2 Å². The van der Waals surface area contributed by atoms with Crippen LogP contribution in [-0.4, -0.2) is 65.7 Å². The molecule has 2 saturated heterocycles. The van der Waals surface area contributed by atoms with E-state index in [0.717, 1.165) is 67.7 Å². The Hall–Kier alpha value is -1.65. The molecule has 0 bridgehead atoms. The number of benzene rings is 1. The summed E-state index contributed by atoms with van der Waals surface area (Å²) in [6.45, 7) is 10.9. The maximum atomic E-state index is 6.01. The zero-order valence-electron chi connectivity index (χ0n) is 18.7. The van der Waals surface area contributed by atoms with E-state index in [1.165, 1.54) is 0 Å². The number of ether oxygens (including phenoxy) is 2. The van der Waals surface area contributed by atoms with Gasteiger partial charge in [-0.3, -0.25) is 0 Å². The molecule has 0 aliphatic carbocycles. The predicted molar refractivity (Wildman–Crippen MR) is 134 cm³/mol. The number of guanidine groups is 1. The van der Waals surface area contributed by atoms with Crippen molar-refractivity contribution in [2.75, 3.05) is 32.8 Å². The summed E-state index contributed by atoms with van der Waals surface area (Å²) in [7, 11) is 0. The maximum Gasteiger partial charge on any atom is 0.194 e. The van der Waals surface area contributed by atoms with E-state index in [4.69, 9.17) is 14.5 Å². The lowest BCUT2D eigenvalue weighted by atomic mass is 10.1. The normalized spacial score (nSPS) is 21.8. The van der Waals surface area contributed by atoms with Crippen LogP contribution in [0.3, 0.4) is 0 Å². The largest absolute Gasteiger partial charge is 0.375 e. The Morgan fingerprint density at radius 2 is 2.00 bits per heavy atom. The number of nitrogens with one attached hydrogen (secondary N) is 1. The number of aryl methyl sites for hydroxylation is 2. The molecule has 2 aliphatic rings. The highest BCUT2D eigenvalue weighted by molar-refractivity contribution is 14.0. The summed E-state index contributed by atoms with van der Waals surface area (Å²) >= 11 is 0. The summed E-state index contributed by atoms with van der Waals surface area (Å²) in [5, 5.41) is 8.13. The van der Waals surface area contributed by atoms with Gasteiger partial charge in [0.15, 0.2) is 5.96 Å². The molecule has 2 atom stereocenters. The second kappa shape index (κ2) is 11.3. The highest BCUT2D eigenvalue weighted by atomic mass is 127. The molecule has 3 heterocycles. The molecule has 8 heteroatoms. The quantitative estimate of drug-likeness (QED) is 0.359. The molecule has 4 rings (SSSR count). The third-order valence-electron chi connectivity index (χ3n) is 5.74. The van der Waals surface area contributed by atoms with E-state index >= 15 is 0 Å². The van der Waals surface area contributed by atoms with Gasteiger partial charge < -0.3 is 19.7 Å². The van der Waals surface area contributed by atoms with Crippen molar-refractivity contribution in [1.82, 2.24) is 20.0 Å². The molecule has 0 saturated carbocycles. The summed E-state index contributed by atoms with van der Waals surface area (Å²) < 4.78 is 13.9. The summed E-state index contributed by atoms with van der Waals surface area (Å²) in [6, 6.07) is 10.5. The summed E-state index contributed by atoms with van der Waals surface area (Å²) in [4.78, 5) is 7.30. The molecular weight excluding hydrogens is 505 g/mol. The van der Waals surface area contributed by atoms with Crippen molar-refractivity contribution in [3.8, 4) is 5.69 Å². The molecule has 1 N–H and O–H groups in total. The Morgan fingerprint density at radius 1 is 1.19 bits per heavy atom. The van der Waals surface area contributed by atoms with Crippen molar-refractivity contribution in [2.45, 2.75) is 52.4 Å². The molecule has 2 aromatic rings. The average molecular weight is 539 g/mol. The minimum absolute atomic E-state index is 0. The van der Waals surface area contributed by atoms with E-state index in [9.17, 15) is 0 Å². The van der Waals surface area contributed by atoms with Gasteiger partial charge in [0.1, 0.15) is 6.10 Å². The first-order valence-corrected chi connectivity index (χ1v) is 11.0. The van der Waals surface area contributed by atoms with Gasteiger partial charge in [-0.25, -0.2) is 9.67 Å². The minimum Gasteiger partial charge on any atom is -0.375 e. The van der Waals surface area contributed by atoms with Crippen LogP contribution < -0.4 is 5.32 Å². The number of hydrogen-bond acceptors (Lipinski definition) is 4. The van der Waals surface area contributed by atoms with Crippen molar-refractivity contribution in [1.29, 1.82) is 0 Å². The van der Waals surface area contributed by atoms with Crippen LogP contribution in [0.1, 0.15) is 36.7 Å². The first-order valence-electron chi connectivity index (χ1n) is 11.0. The van der Waals surface area contributed by atoms with Gasteiger partial charge in [-0.05, 0) is 51.3 Å². The van der Waals surface area contributed by atoms with Crippen molar-refractivity contribution in [2.24, 2.45) is 4.99 Å². The Bertz CT molecular complexity index is 879. The zero-order chi connectivity index (χ0) is 20.9. The van der Waals surface area contributed by atoms with Crippen molar-refractivity contribution < 1.29 is 9.47 Å². The number of nitrogens with zero attached hydrogens (tertiary/aromatic N) is 4. The number of aromatic nitrogens is 2. The van der Waals surface area contributed by atoms with E-state index in [1.807, 2.05) is 11.6 Å². The molecule has 2 aliphatic heterocycles. The second-order valence-corrected chi connectivity index (χ2v) is 8.04. The fraction of sp³-hybridized carbons (Fsp3) is 0.565. The third kappa shape index (κ3) is 5.78. The molecule has 170 valence electrons. The van der Waals surface area contributed by atoms with Gasteiger partial charge in [-0.1, -0.05) is 18.2 Å². The minimum atomic E-state index is 0. The smallest absolute Gasteiger partial charge is 0.194 e. The summed E-state index contributed by atoms with van der Waals surface area (Å²) in [5.74, 6) is 0.937. The molecule has 2 unspecified atom stereocenters. The summed E-state index contributed by atoms with van der Waals surface area (Å²) in [5.41, 5.74) is 4.39. The first-order chi connectivity index (χ1) is 14.7. The number of aliphatic imine (C=N–C) groups is 1. The van der Waals surface area contributed by atoms with Gasteiger partial charge in [0.05, 0.1) is 30.6 Å². The van der Waals surface area contributed by atoms with E-state index in [-0.39, 0.29) is 36.2 Å². The molecular formula is C23H34IN5O2. The number of halogens is 1. The van der Waals surface area contributed by atoms with Gasteiger partial charge in [0.25, 0.3) is 0 Å². The Balaban J connectivity index is 0.00000272. The highest BCUT2D eigenvalue weighted by Gasteiger charge is 2.32. The average Bonchev–Trinajstić information content (AvgIpc) is 3.41. The number of hydrogen-bond donors (Lipinski definition) is 1. The van der Waals surface area contributed by atoms with Gasteiger partial charge in [0.2, 0.25) is 0 Å². The van der Waals surface area contributed by atoms with Crippen LogP contribution in [0.15, 0.2) is 35.3 Å². The van der Waals surface area contributed by atoms with Gasteiger partial charge in [-0.15, -0.1) is 24.0 Å². The van der Waals surface area contributed by atoms with Crippen LogP contribution in [-0.2, 0) is 16.0 Å². The summed E-state index contributed by atoms with van der Waals surface area (Å²) in [6.07, 6.45) is 2.54. The fourth-order valence-electron chi connectivity index (χ4n) is 4.30. The van der Waals surface area contributed by atoms with Gasteiger partial charge in [-0.2, -0.15) is 5.10 Å². The third-order valence-corrected chi connectivity index (χ3v) is 5.74. The standard InChI is InChI=1S/C23H33N5O2.HI/c1-4-24-23(27-11-13-30-22(16-27)21-10-7-12-29-21)25-15-19-8-5-6-9-20(19)28-18(3)14-17(2)26-28;/h5-6,8-9,14,21-22H,4,7,10-13,15-16H2,1-3H3,(H,24,25);1H. The molecule has 0 radical (unpaired) electrons. The predicted octanol–water partition coefficient (Wildman–Crippen LogP) is 3.45. The topological polar surface area (TPSA) is 63.9 Å². The fourth-order valence-corrected chi connectivity index (χ4v) is 4.30. The Kier molecular flexibility index (Phi) is 8.74. The zero-order valence-corrected chi connectivity index (χ0v) is 21.0. The van der Waals surface area contributed by atoms with Crippen LogP contribution in [0.4, 0.5) is 0 Å². The highest BCUT2D eigenvalue weighted by Crippen LogP contribution is 2.22. The molecule has 1 aromatic carbocycles. The van der Waals surface area contributed by atoms with Crippen molar-refractivity contribution in [3.05, 3.63) is 47.3 Å². The number of morpholine rings is 1. The number of rotatable bonds is 5. The van der Waals surface area contributed by atoms with E-state index in [2.05, 4.69) is 59.5 Å². The van der Waals surface area contributed by atoms with Crippen molar-refractivity contribution in [3.63, 3.8) is 0 Å². The lowest BCUT2D eigenvalue weighted by Gasteiger charge is -2.37. The first kappa shape index (κ1) is 24.0. The van der Waals surface area contributed by atoms with E-state index in [1.54, 1.807) is 0 Å². The number of para-hydroxylation sites is 1. The molecule has 2 fully saturated rings. The molecule has 31 heavy (non-hydrogen) atoms. The molecule has 1 aromatic heterocycles. The van der Waals surface area contributed by atoms with Gasteiger partial charge >= 0.3 is 0 Å². The van der Waals surface area contributed by atoms with Crippen LogP contribution in [0.2, 0.25) is 0 Å². The molecule has 7 nitrogen and oxygen atoms in total. The molecule has 0 spiro atoms. The van der Waals surface area contributed by atoms with Crippen molar-refractivity contribution >= 4 is 29.9 Å². The SMILES string of the molecule is CCNC(=NCc1ccccc1-n1nc(C)cc1C)N1CCOC(C2CCCO2)C1.I. The maximum absolute atomic E-state index is 6.01. The Labute approximate surface area is 202 Å².